The van der Waals surface area contributed by atoms with Crippen LogP contribution in [0, 0.1) is 17.8 Å². The first-order chi connectivity index (χ1) is 9.67. The van der Waals surface area contributed by atoms with Crippen molar-refractivity contribution in [3.05, 3.63) is 11.9 Å². The van der Waals surface area contributed by atoms with Crippen molar-refractivity contribution in [3.63, 3.8) is 0 Å². The van der Waals surface area contributed by atoms with Crippen LogP contribution < -0.4 is 0 Å². The molecule has 1 aliphatic heterocycles. The van der Waals surface area contributed by atoms with E-state index in [9.17, 15) is 9.90 Å². The van der Waals surface area contributed by atoms with E-state index in [1.807, 2.05) is 4.90 Å². The summed E-state index contributed by atoms with van der Waals surface area (Å²) in [7, 11) is 0. The summed E-state index contributed by atoms with van der Waals surface area (Å²) in [6, 6.07) is 0. The van der Waals surface area contributed by atoms with Gasteiger partial charge in [0.25, 0.3) is 0 Å². The molecule has 3 fully saturated rings. The van der Waals surface area contributed by atoms with Gasteiger partial charge in [0.15, 0.2) is 0 Å². The molecular formula is C14H20N4O2. The Labute approximate surface area is 117 Å². The summed E-state index contributed by atoms with van der Waals surface area (Å²) in [4.78, 5) is 14.6. The Bertz CT molecular complexity index is 497. The lowest BCUT2D eigenvalue weighted by molar-refractivity contribution is -0.137. The van der Waals surface area contributed by atoms with E-state index in [1.165, 1.54) is 25.7 Å². The first kappa shape index (κ1) is 12.3. The van der Waals surface area contributed by atoms with Crippen molar-refractivity contribution in [1.82, 2.24) is 20.3 Å². The highest BCUT2D eigenvalue weighted by molar-refractivity contribution is 5.80. The smallest absolute Gasteiger partial charge is 0.226 e. The van der Waals surface area contributed by atoms with Gasteiger partial charge in [-0.15, -0.1) is 0 Å². The van der Waals surface area contributed by atoms with Gasteiger partial charge in [0.1, 0.15) is 11.3 Å². The lowest BCUT2D eigenvalue weighted by Gasteiger charge is -2.25. The van der Waals surface area contributed by atoms with Gasteiger partial charge >= 0.3 is 0 Å². The van der Waals surface area contributed by atoms with Crippen molar-refractivity contribution in [2.75, 3.05) is 13.1 Å². The van der Waals surface area contributed by atoms with E-state index in [0.717, 1.165) is 0 Å². The molecule has 0 radical (unpaired) electrons. The highest BCUT2D eigenvalue weighted by atomic mass is 16.3. The molecule has 1 saturated heterocycles. The molecule has 0 spiro atoms. The lowest BCUT2D eigenvalue weighted by Crippen LogP contribution is -2.39. The second-order valence-electron chi connectivity index (χ2n) is 6.60. The minimum absolute atomic E-state index is 0.217. The third-order valence-electron chi connectivity index (χ3n) is 5.00. The largest absolute Gasteiger partial charge is 0.381 e. The van der Waals surface area contributed by atoms with Crippen LogP contribution in [0.15, 0.2) is 6.20 Å². The minimum Gasteiger partial charge on any atom is -0.381 e. The summed E-state index contributed by atoms with van der Waals surface area (Å²) in [6.45, 7) is 0.979. The number of carbonyl (C=O) groups excluding carboxylic acids is 1. The molecule has 3 aliphatic rings. The molecule has 1 aromatic rings. The lowest BCUT2D eigenvalue weighted by atomic mass is 9.96. The van der Waals surface area contributed by atoms with Crippen LogP contribution in [-0.2, 0) is 10.4 Å². The topological polar surface area (TPSA) is 82.1 Å². The number of likely N-dealkylation sites (tertiary alicyclic amines) is 1. The normalized spacial score (nSPS) is 30.2. The molecule has 2 aliphatic carbocycles. The number of hydrogen-bond donors (Lipinski definition) is 2. The van der Waals surface area contributed by atoms with Gasteiger partial charge in [-0.05, 0) is 37.5 Å². The van der Waals surface area contributed by atoms with Gasteiger partial charge in [-0.3, -0.25) is 4.79 Å². The fraction of sp³-hybridized carbons (Fsp3) is 0.786. The van der Waals surface area contributed by atoms with Crippen molar-refractivity contribution in [2.45, 2.75) is 37.7 Å². The summed E-state index contributed by atoms with van der Waals surface area (Å²) < 4.78 is 0. The maximum Gasteiger partial charge on any atom is 0.226 e. The summed E-state index contributed by atoms with van der Waals surface area (Å²) in [5, 5.41) is 20.9. The molecule has 1 atom stereocenters. The summed E-state index contributed by atoms with van der Waals surface area (Å²) in [5.74, 6) is 1.69. The van der Waals surface area contributed by atoms with Crippen molar-refractivity contribution in [2.24, 2.45) is 17.8 Å². The molecule has 20 heavy (non-hydrogen) atoms. The number of aromatic amines is 1. The van der Waals surface area contributed by atoms with Crippen LogP contribution in [0.1, 0.15) is 37.8 Å². The molecule has 2 saturated carbocycles. The van der Waals surface area contributed by atoms with Crippen molar-refractivity contribution in [3.8, 4) is 0 Å². The second kappa shape index (κ2) is 4.28. The Morgan fingerprint density at radius 1 is 1.40 bits per heavy atom. The zero-order chi connectivity index (χ0) is 13.7. The number of β-amino-alcohol motifs (C(OH)–C–C–N with tert-alkyl or cyclic N) is 1. The van der Waals surface area contributed by atoms with E-state index in [0.29, 0.717) is 37.0 Å². The standard InChI is InChI=1S/C14H20N4O2/c19-13(12(9-1-2-9)10-3-4-10)18-6-5-14(20,8-18)11-7-15-17-16-11/h7,9-10,12,20H,1-6,8H2,(H,15,16,17)/t14-/m1/s1. The predicted molar refractivity (Wildman–Crippen MR) is 70.4 cm³/mol. The Morgan fingerprint density at radius 3 is 2.65 bits per heavy atom. The first-order valence-electron chi connectivity index (χ1n) is 7.55. The van der Waals surface area contributed by atoms with Gasteiger partial charge < -0.3 is 10.0 Å². The maximum atomic E-state index is 12.7. The van der Waals surface area contributed by atoms with Crippen molar-refractivity contribution < 1.29 is 9.90 Å². The van der Waals surface area contributed by atoms with Crippen LogP contribution in [0.25, 0.3) is 0 Å². The van der Waals surface area contributed by atoms with E-state index >= 15 is 0 Å². The number of aliphatic hydroxyl groups is 1. The van der Waals surface area contributed by atoms with Crippen LogP contribution >= 0.6 is 0 Å². The Balaban J connectivity index is 1.48. The van der Waals surface area contributed by atoms with Crippen molar-refractivity contribution >= 4 is 5.91 Å². The molecule has 2 N–H and O–H groups in total. The van der Waals surface area contributed by atoms with Gasteiger partial charge in [0.05, 0.1) is 12.7 Å². The second-order valence-corrected chi connectivity index (χ2v) is 6.60. The van der Waals surface area contributed by atoms with E-state index < -0.39 is 5.60 Å². The average Bonchev–Trinajstić information content (AvgIpc) is 3.35. The van der Waals surface area contributed by atoms with Gasteiger partial charge in [-0.25, -0.2) is 0 Å². The molecule has 6 heteroatoms. The zero-order valence-electron chi connectivity index (χ0n) is 11.5. The number of carbonyl (C=O) groups is 1. The molecule has 6 nitrogen and oxygen atoms in total. The zero-order valence-corrected chi connectivity index (χ0v) is 11.5. The van der Waals surface area contributed by atoms with Crippen molar-refractivity contribution in [1.29, 1.82) is 0 Å². The fourth-order valence-electron chi connectivity index (χ4n) is 3.53. The first-order valence-corrected chi connectivity index (χ1v) is 7.55. The highest BCUT2D eigenvalue weighted by Crippen LogP contribution is 2.50. The van der Waals surface area contributed by atoms with Crippen LogP contribution in [0.5, 0.6) is 0 Å². The Hall–Kier alpha value is -1.43. The number of amides is 1. The van der Waals surface area contributed by atoms with E-state index in [2.05, 4.69) is 15.4 Å². The van der Waals surface area contributed by atoms with Crippen LogP contribution in [0.2, 0.25) is 0 Å². The Morgan fingerprint density at radius 2 is 2.10 bits per heavy atom. The summed E-state index contributed by atoms with van der Waals surface area (Å²) >= 11 is 0. The number of rotatable bonds is 4. The molecule has 0 unspecified atom stereocenters. The monoisotopic (exact) mass is 276 g/mol. The van der Waals surface area contributed by atoms with Gasteiger partial charge in [0.2, 0.25) is 5.91 Å². The third kappa shape index (κ3) is 2.02. The number of H-pyrrole nitrogens is 1. The molecule has 108 valence electrons. The predicted octanol–water partition coefficient (Wildman–Crippen LogP) is 0.661. The molecule has 1 amide bonds. The summed E-state index contributed by atoms with van der Waals surface area (Å²) in [6.07, 6.45) is 6.91. The molecule has 0 aromatic carbocycles. The molecule has 2 heterocycles. The van der Waals surface area contributed by atoms with Gasteiger partial charge in [-0.1, -0.05) is 0 Å². The van der Waals surface area contributed by atoms with Gasteiger partial charge in [0, 0.05) is 18.9 Å². The molecule has 0 bridgehead atoms. The molecule has 1 aromatic heterocycles. The SMILES string of the molecule is O=C(C(C1CC1)C1CC1)N1CC[C@](O)(c2cn[nH]n2)C1. The number of nitrogens with zero attached hydrogens (tertiary/aromatic N) is 3. The average molecular weight is 276 g/mol. The van der Waals surface area contributed by atoms with Crippen LogP contribution in [-0.4, -0.2) is 44.4 Å². The van der Waals surface area contributed by atoms with Crippen LogP contribution in [0.4, 0.5) is 0 Å². The quantitative estimate of drug-likeness (QED) is 0.846. The molecule has 4 rings (SSSR count). The summed E-state index contributed by atoms with van der Waals surface area (Å²) in [5.41, 5.74) is -0.484. The maximum absolute atomic E-state index is 12.7. The van der Waals surface area contributed by atoms with E-state index in [1.54, 1.807) is 6.20 Å². The van der Waals surface area contributed by atoms with Gasteiger partial charge in [-0.2, -0.15) is 15.4 Å². The number of aromatic nitrogens is 3. The van der Waals surface area contributed by atoms with E-state index in [4.69, 9.17) is 0 Å². The Kier molecular flexibility index (Phi) is 2.64. The molecular weight excluding hydrogens is 256 g/mol. The minimum atomic E-state index is -1.03. The van der Waals surface area contributed by atoms with E-state index in [-0.39, 0.29) is 11.8 Å². The van der Waals surface area contributed by atoms with Crippen LogP contribution in [0.3, 0.4) is 0 Å². The fourth-order valence-corrected chi connectivity index (χ4v) is 3.53. The number of nitrogens with one attached hydrogen (secondary N) is 1. The number of hydrogen-bond acceptors (Lipinski definition) is 4. The third-order valence-corrected chi connectivity index (χ3v) is 5.00. The highest BCUT2D eigenvalue weighted by Gasteiger charge is 2.50.